The zero-order chi connectivity index (χ0) is 13.1. The lowest BCUT2D eigenvalue weighted by atomic mass is 10.1. The lowest BCUT2D eigenvalue weighted by Crippen LogP contribution is -2.40. The molecule has 18 heavy (non-hydrogen) atoms. The smallest absolute Gasteiger partial charge is 0.365 e. The van der Waals surface area contributed by atoms with E-state index in [1.807, 2.05) is 0 Å². The van der Waals surface area contributed by atoms with E-state index < -0.39 is 5.97 Å². The van der Waals surface area contributed by atoms with Gasteiger partial charge in [-0.05, 0) is 12.8 Å². The van der Waals surface area contributed by atoms with E-state index >= 15 is 0 Å². The number of hydrogen-bond donors (Lipinski definition) is 1. The molecule has 0 atom stereocenters. The molecule has 0 spiro atoms. The Labute approximate surface area is 108 Å². The van der Waals surface area contributed by atoms with Crippen LogP contribution < -0.4 is 0 Å². The summed E-state index contributed by atoms with van der Waals surface area (Å²) >= 11 is 0.908. The Morgan fingerprint density at radius 3 is 2.72 bits per heavy atom. The number of ether oxygens (including phenoxy) is 1. The molecule has 1 fully saturated rings. The monoisotopic (exact) mass is 270 g/mol. The SMILES string of the molecule is CN(C(=O)c1cnc(C(=O)O)s1)C1CCOCC1. The van der Waals surface area contributed by atoms with Gasteiger partial charge in [-0.25, -0.2) is 9.78 Å². The maximum Gasteiger partial charge on any atom is 0.365 e. The first-order valence-electron chi connectivity index (χ1n) is 5.63. The highest BCUT2D eigenvalue weighted by Crippen LogP contribution is 2.19. The third-order valence-corrected chi connectivity index (χ3v) is 3.93. The van der Waals surface area contributed by atoms with Crippen LogP contribution in [0, 0.1) is 0 Å². The fourth-order valence-electron chi connectivity index (χ4n) is 1.88. The van der Waals surface area contributed by atoms with Gasteiger partial charge in [0.15, 0.2) is 0 Å². The number of carboxylic acid groups (broad SMARTS) is 1. The third kappa shape index (κ3) is 2.68. The van der Waals surface area contributed by atoms with Crippen molar-refractivity contribution in [2.24, 2.45) is 0 Å². The molecule has 0 aromatic carbocycles. The van der Waals surface area contributed by atoms with Gasteiger partial charge in [0.05, 0.1) is 6.20 Å². The van der Waals surface area contributed by atoms with Gasteiger partial charge in [0, 0.05) is 26.3 Å². The van der Waals surface area contributed by atoms with E-state index in [2.05, 4.69) is 4.98 Å². The molecule has 0 saturated carbocycles. The first-order valence-corrected chi connectivity index (χ1v) is 6.45. The number of aromatic nitrogens is 1. The number of aromatic carboxylic acids is 1. The topological polar surface area (TPSA) is 79.7 Å². The van der Waals surface area contributed by atoms with Crippen LogP contribution in [0.1, 0.15) is 32.3 Å². The predicted octanol–water partition coefficient (Wildman–Crippen LogP) is 1.09. The van der Waals surface area contributed by atoms with Crippen molar-refractivity contribution in [3.63, 3.8) is 0 Å². The molecular weight excluding hydrogens is 256 g/mol. The molecule has 0 radical (unpaired) electrons. The van der Waals surface area contributed by atoms with Gasteiger partial charge in [-0.15, -0.1) is 11.3 Å². The molecule has 0 bridgehead atoms. The van der Waals surface area contributed by atoms with Crippen molar-refractivity contribution >= 4 is 23.2 Å². The van der Waals surface area contributed by atoms with E-state index in [0.717, 1.165) is 24.2 Å². The van der Waals surface area contributed by atoms with Crippen LogP contribution in [0.4, 0.5) is 0 Å². The molecule has 2 rings (SSSR count). The second kappa shape index (κ2) is 5.45. The zero-order valence-corrected chi connectivity index (χ0v) is 10.8. The molecule has 1 saturated heterocycles. The van der Waals surface area contributed by atoms with Crippen LogP contribution >= 0.6 is 11.3 Å². The van der Waals surface area contributed by atoms with Crippen molar-refractivity contribution in [3.8, 4) is 0 Å². The van der Waals surface area contributed by atoms with Crippen LogP contribution in [0.15, 0.2) is 6.20 Å². The van der Waals surface area contributed by atoms with Crippen LogP contribution in [0.5, 0.6) is 0 Å². The molecular formula is C11H14N2O4S. The maximum atomic E-state index is 12.1. The van der Waals surface area contributed by atoms with Crippen molar-refractivity contribution in [1.82, 2.24) is 9.88 Å². The quantitative estimate of drug-likeness (QED) is 0.889. The molecule has 1 N–H and O–H groups in total. The molecule has 0 aliphatic carbocycles. The highest BCUT2D eigenvalue weighted by Gasteiger charge is 2.25. The summed E-state index contributed by atoms with van der Waals surface area (Å²) in [5.74, 6) is -1.28. The lowest BCUT2D eigenvalue weighted by molar-refractivity contribution is 0.0364. The number of carbonyl (C=O) groups is 2. The Bertz CT molecular complexity index is 454. The molecule has 1 aromatic rings. The average molecular weight is 270 g/mol. The van der Waals surface area contributed by atoms with E-state index in [0.29, 0.717) is 18.1 Å². The van der Waals surface area contributed by atoms with Crippen molar-refractivity contribution in [1.29, 1.82) is 0 Å². The van der Waals surface area contributed by atoms with E-state index in [4.69, 9.17) is 9.84 Å². The van der Waals surface area contributed by atoms with Gasteiger partial charge in [-0.1, -0.05) is 0 Å². The summed E-state index contributed by atoms with van der Waals surface area (Å²) in [6.07, 6.45) is 2.95. The van der Waals surface area contributed by atoms with Gasteiger partial charge >= 0.3 is 5.97 Å². The van der Waals surface area contributed by atoms with E-state index in [-0.39, 0.29) is 17.0 Å². The number of nitrogens with zero attached hydrogens (tertiary/aromatic N) is 2. The molecule has 1 aliphatic rings. The molecule has 1 aromatic heterocycles. The van der Waals surface area contributed by atoms with Gasteiger partial charge in [0.2, 0.25) is 5.01 Å². The number of amides is 1. The number of carboxylic acids is 1. The van der Waals surface area contributed by atoms with Crippen LogP contribution in [-0.2, 0) is 4.74 Å². The fourth-order valence-corrected chi connectivity index (χ4v) is 2.62. The molecule has 2 heterocycles. The molecule has 6 nitrogen and oxygen atoms in total. The molecule has 0 unspecified atom stereocenters. The highest BCUT2D eigenvalue weighted by atomic mass is 32.1. The summed E-state index contributed by atoms with van der Waals surface area (Å²) in [4.78, 5) is 28.6. The minimum Gasteiger partial charge on any atom is -0.476 e. The molecule has 1 amide bonds. The van der Waals surface area contributed by atoms with Crippen molar-refractivity contribution in [2.75, 3.05) is 20.3 Å². The summed E-state index contributed by atoms with van der Waals surface area (Å²) < 4.78 is 5.25. The van der Waals surface area contributed by atoms with Gasteiger partial charge < -0.3 is 14.7 Å². The summed E-state index contributed by atoms with van der Waals surface area (Å²) in [7, 11) is 1.73. The fraction of sp³-hybridized carbons (Fsp3) is 0.545. The van der Waals surface area contributed by atoms with E-state index in [1.165, 1.54) is 6.20 Å². The highest BCUT2D eigenvalue weighted by molar-refractivity contribution is 7.15. The molecule has 1 aliphatic heterocycles. The predicted molar refractivity (Wildman–Crippen MR) is 65.0 cm³/mol. The minimum absolute atomic E-state index is 0.0567. The van der Waals surface area contributed by atoms with Crippen molar-refractivity contribution < 1.29 is 19.4 Å². The Morgan fingerprint density at radius 1 is 1.50 bits per heavy atom. The Morgan fingerprint density at radius 2 is 2.17 bits per heavy atom. The van der Waals surface area contributed by atoms with E-state index in [9.17, 15) is 9.59 Å². The molecule has 98 valence electrons. The largest absolute Gasteiger partial charge is 0.476 e. The van der Waals surface area contributed by atoms with Gasteiger partial charge in [0.25, 0.3) is 5.91 Å². The summed E-state index contributed by atoms with van der Waals surface area (Å²) in [5, 5.41) is 8.72. The number of hydrogen-bond acceptors (Lipinski definition) is 5. The Balaban J connectivity index is 2.07. The minimum atomic E-state index is -1.10. The summed E-state index contributed by atoms with van der Waals surface area (Å²) in [5.41, 5.74) is 0. The summed E-state index contributed by atoms with van der Waals surface area (Å²) in [6.45, 7) is 1.32. The second-order valence-electron chi connectivity index (χ2n) is 4.09. The van der Waals surface area contributed by atoms with Gasteiger partial charge in [0.1, 0.15) is 4.88 Å². The Kier molecular flexibility index (Phi) is 3.93. The van der Waals surface area contributed by atoms with Gasteiger partial charge in [-0.2, -0.15) is 0 Å². The zero-order valence-electron chi connectivity index (χ0n) is 9.96. The van der Waals surface area contributed by atoms with Crippen molar-refractivity contribution in [3.05, 3.63) is 16.1 Å². The van der Waals surface area contributed by atoms with Crippen LogP contribution in [0.3, 0.4) is 0 Å². The normalized spacial score (nSPS) is 16.5. The lowest BCUT2D eigenvalue weighted by Gasteiger charge is -2.30. The van der Waals surface area contributed by atoms with Crippen LogP contribution in [-0.4, -0.2) is 53.2 Å². The first kappa shape index (κ1) is 13.0. The van der Waals surface area contributed by atoms with Crippen molar-refractivity contribution in [2.45, 2.75) is 18.9 Å². The van der Waals surface area contributed by atoms with Gasteiger partial charge in [-0.3, -0.25) is 4.79 Å². The number of rotatable bonds is 3. The standard InChI is InChI=1S/C11H14N2O4S/c1-13(7-2-4-17-5-3-7)10(14)8-6-12-9(18-8)11(15)16/h6-7H,2-5H2,1H3,(H,15,16). The number of thiazole rings is 1. The maximum absolute atomic E-state index is 12.1. The summed E-state index contributed by atoms with van der Waals surface area (Å²) in [6, 6.07) is 0.154. The molecule has 7 heteroatoms. The third-order valence-electron chi connectivity index (χ3n) is 2.96. The van der Waals surface area contributed by atoms with E-state index in [1.54, 1.807) is 11.9 Å². The Hall–Kier alpha value is -1.47. The first-order chi connectivity index (χ1) is 8.59. The van der Waals surface area contributed by atoms with Crippen LogP contribution in [0.2, 0.25) is 0 Å². The number of carbonyl (C=O) groups excluding carboxylic acids is 1. The second-order valence-corrected chi connectivity index (χ2v) is 5.13. The van der Waals surface area contributed by atoms with Crippen LogP contribution in [0.25, 0.3) is 0 Å². The average Bonchev–Trinajstić information content (AvgIpc) is 2.88.